The third kappa shape index (κ3) is 4.98. The molecule has 0 aliphatic rings. The van der Waals surface area contributed by atoms with Gasteiger partial charge in [-0.2, -0.15) is 0 Å². The molecule has 8 nitrogen and oxygen atoms in total. The van der Waals surface area contributed by atoms with Crippen molar-refractivity contribution in [2.75, 3.05) is 18.7 Å². The summed E-state index contributed by atoms with van der Waals surface area (Å²) in [7, 11) is 1.33. The van der Waals surface area contributed by atoms with E-state index in [-0.39, 0.29) is 17.1 Å². The molecule has 1 atom stereocenters. The highest BCUT2D eigenvalue weighted by Gasteiger charge is 2.22. The van der Waals surface area contributed by atoms with Crippen LogP contribution in [0.2, 0.25) is 0 Å². The Balaban J connectivity index is 2.09. The van der Waals surface area contributed by atoms with Crippen LogP contribution in [0.5, 0.6) is 5.75 Å². The van der Waals surface area contributed by atoms with Crippen LogP contribution in [0.3, 0.4) is 0 Å². The third-order valence-corrected chi connectivity index (χ3v) is 4.43. The lowest BCUT2D eigenvalue weighted by Gasteiger charge is -2.16. The molecule has 142 valence electrons. The lowest BCUT2D eigenvalue weighted by atomic mass is 10.2. The van der Waals surface area contributed by atoms with Crippen molar-refractivity contribution in [3.05, 3.63) is 58.1 Å². The van der Waals surface area contributed by atoms with Gasteiger partial charge in [0.2, 0.25) is 0 Å². The lowest BCUT2D eigenvalue weighted by molar-refractivity contribution is -0.384. The summed E-state index contributed by atoms with van der Waals surface area (Å²) in [5.41, 5.74) is 0.441. The molecular weight excluding hydrogens is 372 g/mol. The first kappa shape index (κ1) is 20.2. The second-order valence-electron chi connectivity index (χ2n) is 5.38. The standard InChI is InChI=1S/C18H18N2O6S/c1-11(26-18(22)13-6-4-5-7-16(13)27-3)17(21)19-14-9-8-12(20(23)24)10-15(14)25-2/h4-11H,1-3H3,(H,19,21)/t11-/m1/s1. The number of hydrogen-bond acceptors (Lipinski definition) is 7. The number of methoxy groups -OCH3 is 1. The molecule has 0 unspecified atom stereocenters. The van der Waals surface area contributed by atoms with E-state index in [0.717, 1.165) is 4.90 Å². The molecule has 0 aromatic heterocycles. The maximum Gasteiger partial charge on any atom is 0.340 e. The number of carbonyl (C=O) groups excluding carboxylic acids is 2. The Labute approximate surface area is 160 Å². The molecule has 0 saturated heterocycles. The largest absolute Gasteiger partial charge is 0.494 e. The van der Waals surface area contributed by atoms with Crippen molar-refractivity contribution in [2.24, 2.45) is 0 Å². The molecule has 0 spiro atoms. The third-order valence-electron chi connectivity index (χ3n) is 3.63. The highest BCUT2D eigenvalue weighted by molar-refractivity contribution is 7.98. The summed E-state index contributed by atoms with van der Waals surface area (Å²) in [4.78, 5) is 35.7. The number of hydrogen-bond donors (Lipinski definition) is 1. The Hall–Kier alpha value is -3.07. The number of non-ortho nitro benzene ring substituents is 1. The van der Waals surface area contributed by atoms with Gasteiger partial charge < -0.3 is 14.8 Å². The lowest BCUT2D eigenvalue weighted by Crippen LogP contribution is -2.30. The summed E-state index contributed by atoms with van der Waals surface area (Å²) in [6.45, 7) is 1.44. The van der Waals surface area contributed by atoms with E-state index in [4.69, 9.17) is 9.47 Å². The normalized spacial score (nSPS) is 11.4. The van der Waals surface area contributed by atoms with Crippen LogP contribution in [0.4, 0.5) is 11.4 Å². The van der Waals surface area contributed by atoms with E-state index in [9.17, 15) is 19.7 Å². The zero-order valence-electron chi connectivity index (χ0n) is 14.9. The molecule has 2 aromatic rings. The average Bonchev–Trinajstić information content (AvgIpc) is 2.67. The molecule has 0 aliphatic carbocycles. The van der Waals surface area contributed by atoms with Gasteiger partial charge in [0, 0.05) is 11.0 Å². The first-order valence-corrected chi connectivity index (χ1v) is 9.07. The summed E-state index contributed by atoms with van der Waals surface area (Å²) in [5, 5.41) is 13.4. The van der Waals surface area contributed by atoms with Gasteiger partial charge in [0.1, 0.15) is 5.75 Å². The summed E-state index contributed by atoms with van der Waals surface area (Å²) < 4.78 is 10.3. The highest BCUT2D eigenvalue weighted by atomic mass is 32.2. The maximum atomic E-state index is 12.3. The van der Waals surface area contributed by atoms with Crippen molar-refractivity contribution in [3.63, 3.8) is 0 Å². The number of thioether (sulfide) groups is 1. The number of nitro benzene ring substituents is 1. The first-order valence-electron chi connectivity index (χ1n) is 7.84. The van der Waals surface area contributed by atoms with E-state index in [1.165, 1.54) is 44.0 Å². The maximum absolute atomic E-state index is 12.3. The van der Waals surface area contributed by atoms with E-state index in [0.29, 0.717) is 5.56 Å². The SMILES string of the molecule is COc1cc([N+](=O)[O-])ccc1NC(=O)[C@@H](C)OC(=O)c1ccccc1SC. The van der Waals surface area contributed by atoms with E-state index < -0.39 is 22.9 Å². The van der Waals surface area contributed by atoms with Gasteiger partial charge in [0.25, 0.3) is 11.6 Å². The summed E-state index contributed by atoms with van der Waals surface area (Å²) in [6, 6.07) is 10.7. The molecular formula is C18H18N2O6S. The quantitative estimate of drug-likeness (QED) is 0.333. The number of rotatable bonds is 7. The molecule has 1 N–H and O–H groups in total. The molecule has 0 radical (unpaired) electrons. The van der Waals surface area contributed by atoms with Gasteiger partial charge in [-0.15, -0.1) is 11.8 Å². The Morgan fingerprint density at radius 2 is 1.93 bits per heavy atom. The predicted molar refractivity (Wildman–Crippen MR) is 101 cm³/mol. The smallest absolute Gasteiger partial charge is 0.340 e. The average molecular weight is 390 g/mol. The molecule has 2 aromatic carbocycles. The van der Waals surface area contributed by atoms with Crippen molar-refractivity contribution >= 4 is 35.0 Å². The molecule has 0 fully saturated rings. The minimum atomic E-state index is -1.08. The molecule has 0 bridgehead atoms. The molecule has 0 aliphatic heterocycles. The molecule has 0 heterocycles. The van der Waals surface area contributed by atoms with Crippen LogP contribution in [-0.2, 0) is 9.53 Å². The van der Waals surface area contributed by atoms with E-state index in [1.54, 1.807) is 24.3 Å². The Kier molecular flexibility index (Phi) is 6.78. The Morgan fingerprint density at radius 1 is 1.22 bits per heavy atom. The van der Waals surface area contributed by atoms with Crippen molar-refractivity contribution in [1.29, 1.82) is 0 Å². The number of amides is 1. The summed E-state index contributed by atoms with van der Waals surface area (Å²) in [5.74, 6) is -1.07. The monoisotopic (exact) mass is 390 g/mol. The van der Waals surface area contributed by atoms with Crippen LogP contribution in [0.15, 0.2) is 47.4 Å². The second kappa shape index (κ2) is 9.04. The minimum Gasteiger partial charge on any atom is -0.494 e. The molecule has 0 saturated carbocycles. The van der Waals surface area contributed by atoms with Crippen LogP contribution in [0.1, 0.15) is 17.3 Å². The van der Waals surface area contributed by atoms with Crippen molar-refractivity contribution in [1.82, 2.24) is 0 Å². The van der Waals surface area contributed by atoms with E-state index in [1.807, 2.05) is 6.26 Å². The van der Waals surface area contributed by atoms with Gasteiger partial charge in [0.05, 0.1) is 29.4 Å². The summed E-state index contributed by atoms with van der Waals surface area (Å²) >= 11 is 1.40. The van der Waals surface area contributed by atoms with Crippen LogP contribution < -0.4 is 10.1 Å². The van der Waals surface area contributed by atoms with Crippen molar-refractivity contribution in [2.45, 2.75) is 17.9 Å². The van der Waals surface area contributed by atoms with Crippen molar-refractivity contribution in [3.8, 4) is 5.75 Å². The second-order valence-corrected chi connectivity index (χ2v) is 6.23. The van der Waals surface area contributed by atoms with E-state index >= 15 is 0 Å². The molecule has 2 rings (SSSR count). The van der Waals surface area contributed by atoms with Gasteiger partial charge in [-0.3, -0.25) is 14.9 Å². The zero-order valence-corrected chi connectivity index (χ0v) is 15.7. The number of nitro groups is 1. The minimum absolute atomic E-state index is 0.129. The number of nitrogens with zero attached hydrogens (tertiary/aromatic N) is 1. The highest BCUT2D eigenvalue weighted by Crippen LogP contribution is 2.29. The topological polar surface area (TPSA) is 108 Å². The fourth-order valence-corrected chi connectivity index (χ4v) is 2.81. The van der Waals surface area contributed by atoms with Crippen molar-refractivity contribution < 1.29 is 24.0 Å². The molecule has 27 heavy (non-hydrogen) atoms. The molecule has 1 amide bonds. The van der Waals surface area contributed by atoms with Crippen LogP contribution in [0, 0.1) is 10.1 Å². The van der Waals surface area contributed by atoms with Crippen LogP contribution >= 0.6 is 11.8 Å². The van der Waals surface area contributed by atoms with Crippen LogP contribution in [0.25, 0.3) is 0 Å². The number of anilines is 1. The van der Waals surface area contributed by atoms with Gasteiger partial charge in [0.15, 0.2) is 6.10 Å². The summed E-state index contributed by atoms with van der Waals surface area (Å²) in [6.07, 6.45) is 0.760. The molecule has 9 heteroatoms. The Bertz CT molecular complexity index is 871. The predicted octanol–water partition coefficient (Wildman–Crippen LogP) is 3.51. The van der Waals surface area contributed by atoms with Gasteiger partial charge in [-0.25, -0.2) is 4.79 Å². The van der Waals surface area contributed by atoms with E-state index in [2.05, 4.69) is 5.32 Å². The number of benzene rings is 2. The number of carbonyl (C=O) groups is 2. The fourth-order valence-electron chi connectivity index (χ4n) is 2.22. The van der Waals surface area contributed by atoms with Gasteiger partial charge in [-0.05, 0) is 31.4 Å². The fraction of sp³-hybridized carbons (Fsp3) is 0.222. The van der Waals surface area contributed by atoms with Gasteiger partial charge in [-0.1, -0.05) is 12.1 Å². The first-order chi connectivity index (χ1) is 12.9. The number of ether oxygens (including phenoxy) is 2. The van der Waals surface area contributed by atoms with Crippen LogP contribution in [-0.4, -0.2) is 36.3 Å². The Morgan fingerprint density at radius 3 is 2.56 bits per heavy atom. The number of esters is 1. The number of nitrogens with one attached hydrogen (secondary N) is 1. The van der Waals surface area contributed by atoms with Gasteiger partial charge >= 0.3 is 5.97 Å². The zero-order chi connectivity index (χ0) is 20.0.